The fourth-order valence-corrected chi connectivity index (χ4v) is 1.94. The monoisotopic (exact) mass is 279 g/mol. The highest BCUT2D eigenvalue weighted by Crippen LogP contribution is 2.21. The maximum Gasteiger partial charge on any atom is 0.338 e. The zero-order valence-corrected chi connectivity index (χ0v) is 10.3. The van der Waals surface area contributed by atoms with E-state index < -0.39 is 0 Å². The fourth-order valence-electron chi connectivity index (χ4n) is 1.52. The number of halogens is 1. The zero-order chi connectivity index (χ0) is 11.5. The quantitative estimate of drug-likeness (QED) is 0.626. The number of fused-ring (bicyclic) bond motifs is 1. The molecule has 1 aromatic carbocycles. The van der Waals surface area contributed by atoms with E-state index in [-0.39, 0.29) is 5.97 Å². The third kappa shape index (κ3) is 2.07. The van der Waals surface area contributed by atoms with Gasteiger partial charge in [-0.15, -0.1) is 0 Å². The molecule has 0 atom stereocenters. The number of aromatic nitrogens is 1. The number of pyridine rings is 1. The van der Waals surface area contributed by atoms with E-state index in [2.05, 4.69) is 20.9 Å². The second kappa shape index (κ2) is 4.61. The predicted octanol–water partition coefficient (Wildman–Crippen LogP) is 3.17. The van der Waals surface area contributed by atoms with Crippen molar-refractivity contribution in [1.29, 1.82) is 0 Å². The minimum absolute atomic E-state index is 0.318. The molecule has 0 amide bonds. The summed E-state index contributed by atoms with van der Waals surface area (Å²) in [6.07, 6.45) is 0. The van der Waals surface area contributed by atoms with E-state index in [9.17, 15) is 4.79 Å². The fraction of sp³-hybridized carbons (Fsp3) is 0.167. The van der Waals surface area contributed by atoms with Crippen LogP contribution in [0.15, 0.2) is 34.9 Å². The number of benzene rings is 1. The maximum atomic E-state index is 11.7. The number of nitrogens with zero attached hydrogens (tertiary/aromatic N) is 1. The Balaban J connectivity index is 2.63. The second-order valence-electron chi connectivity index (χ2n) is 3.23. The van der Waals surface area contributed by atoms with Gasteiger partial charge >= 0.3 is 5.97 Å². The minimum Gasteiger partial charge on any atom is -0.462 e. The lowest BCUT2D eigenvalue weighted by Gasteiger charge is -2.06. The van der Waals surface area contributed by atoms with Gasteiger partial charge in [0.15, 0.2) is 0 Å². The van der Waals surface area contributed by atoms with E-state index >= 15 is 0 Å². The number of ether oxygens (including phenoxy) is 1. The second-order valence-corrected chi connectivity index (χ2v) is 4.04. The first-order valence-electron chi connectivity index (χ1n) is 4.94. The van der Waals surface area contributed by atoms with Crippen molar-refractivity contribution >= 4 is 32.8 Å². The number of hydrogen-bond acceptors (Lipinski definition) is 3. The lowest BCUT2D eigenvalue weighted by atomic mass is 10.1. The summed E-state index contributed by atoms with van der Waals surface area (Å²) in [5, 5.41) is 0.809. The van der Waals surface area contributed by atoms with Crippen molar-refractivity contribution < 1.29 is 9.53 Å². The molecule has 2 aromatic rings. The molecule has 0 N–H and O–H groups in total. The zero-order valence-electron chi connectivity index (χ0n) is 8.74. The van der Waals surface area contributed by atoms with Crippen LogP contribution < -0.4 is 0 Å². The lowest BCUT2D eigenvalue weighted by Crippen LogP contribution is -2.06. The van der Waals surface area contributed by atoms with Gasteiger partial charge in [-0.25, -0.2) is 9.78 Å². The van der Waals surface area contributed by atoms with Crippen LogP contribution in [0.25, 0.3) is 10.9 Å². The van der Waals surface area contributed by atoms with E-state index in [1.54, 1.807) is 13.0 Å². The van der Waals surface area contributed by atoms with Crippen molar-refractivity contribution in [3.05, 3.63) is 40.5 Å². The van der Waals surface area contributed by atoms with Crippen LogP contribution in [0.4, 0.5) is 0 Å². The van der Waals surface area contributed by atoms with E-state index in [4.69, 9.17) is 4.74 Å². The summed E-state index contributed by atoms with van der Waals surface area (Å²) in [5.74, 6) is -0.318. The van der Waals surface area contributed by atoms with Crippen LogP contribution in [0.1, 0.15) is 17.3 Å². The third-order valence-electron chi connectivity index (χ3n) is 2.18. The highest BCUT2D eigenvalue weighted by molar-refractivity contribution is 9.10. The smallest absolute Gasteiger partial charge is 0.338 e. The van der Waals surface area contributed by atoms with Crippen molar-refractivity contribution in [2.24, 2.45) is 0 Å². The molecule has 82 valence electrons. The molecule has 4 heteroatoms. The Kier molecular flexibility index (Phi) is 3.19. The van der Waals surface area contributed by atoms with Crippen molar-refractivity contribution in [1.82, 2.24) is 4.98 Å². The molecule has 1 heterocycles. The molecule has 0 aliphatic heterocycles. The summed E-state index contributed by atoms with van der Waals surface area (Å²) in [6.45, 7) is 2.16. The van der Waals surface area contributed by atoms with Crippen molar-refractivity contribution in [3.63, 3.8) is 0 Å². The average molecular weight is 280 g/mol. The molecule has 16 heavy (non-hydrogen) atoms. The molecule has 1 aromatic heterocycles. The Labute approximate surface area is 102 Å². The van der Waals surface area contributed by atoms with Gasteiger partial charge in [-0.2, -0.15) is 0 Å². The molecule has 0 saturated heterocycles. The Hall–Kier alpha value is -1.42. The maximum absolute atomic E-state index is 11.7. The highest BCUT2D eigenvalue weighted by Gasteiger charge is 2.12. The van der Waals surface area contributed by atoms with Gasteiger partial charge < -0.3 is 4.74 Å². The molecule has 0 saturated carbocycles. The summed E-state index contributed by atoms with van der Waals surface area (Å²) >= 11 is 3.28. The summed E-state index contributed by atoms with van der Waals surface area (Å²) < 4.78 is 5.64. The number of carbonyl (C=O) groups is 1. The number of esters is 1. The van der Waals surface area contributed by atoms with Crippen LogP contribution in [0.3, 0.4) is 0 Å². The van der Waals surface area contributed by atoms with E-state index in [0.717, 1.165) is 10.9 Å². The van der Waals surface area contributed by atoms with Crippen molar-refractivity contribution in [2.75, 3.05) is 6.61 Å². The van der Waals surface area contributed by atoms with Crippen LogP contribution in [0.5, 0.6) is 0 Å². The minimum atomic E-state index is -0.318. The predicted molar refractivity (Wildman–Crippen MR) is 65.4 cm³/mol. The van der Waals surface area contributed by atoms with Crippen LogP contribution in [-0.4, -0.2) is 17.6 Å². The number of para-hydroxylation sites is 1. The summed E-state index contributed by atoms with van der Waals surface area (Å²) in [6, 6.07) is 9.17. The highest BCUT2D eigenvalue weighted by atomic mass is 79.9. The Morgan fingerprint density at radius 1 is 1.44 bits per heavy atom. The van der Waals surface area contributed by atoms with Gasteiger partial charge in [0.25, 0.3) is 0 Å². The molecule has 0 bridgehead atoms. The Bertz CT molecular complexity index is 540. The molecule has 0 spiro atoms. The average Bonchev–Trinajstić information content (AvgIpc) is 2.28. The number of hydrogen-bond donors (Lipinski definition) is 0. The normalized spacial score (nSPS) is 10.4. The van der Waals surface area contributed by atoms with Gasteiger partial charge in [0, 0.05) is 5.39 Å². The molecule has 3 nitrogen and oxygen atoms in total. The van der Waals surface area contributed by atoms with Crippen LogP contribution in [0, 0.1) is 0 Å². The molecule has 0 aliphatic carbocycles. The van der Waals surface area contributed by atoms with E-state index in [1.807, 2.05) is 24.3 Å². The van der Waals surface area contributed by atoms with E-state index in [0.29, 0.717) is 16.8 Å². The van der Waals surface area contributed by atoms with Gasteiger partial charge in [0.2, 0.25) is 0 Å². The SMILES string of the molecule is CCOC(=O)c1cc(Br)nc2ccccc12. The largest absolute Gasteiger partial charge is 0.462 e. The molecule has 0 unspecified atom stereocenters. The number of rotatable bonds is 2. The van der Waals surface area contributed by atoms with E-state index in [1.165, 1.54) is 0 Å². The standard InChI is InChI=1S/C12H10BrNO2/c1-2-16-12(15)9-7-11(13)14-10-6-4-3-5-8(9)10/h3-7H,2H2,1H3. The number of carbonyl (C=O) groups excluding carboxylic acids is 1. The first-order valence-corrected chi connectivity index (χ1v) is 5.74. The van der Waals surface area contributed by atoms with Crippen molar-refractivity contribution in [2.45, 2.75) is 6.92 Å². The molecule has 2 rings (SSSR count). The Morgan fingerprint density at radius 2 is 2.19 bits per heavy atom. The molecule has 0 fully saturated rings. The summed E-state index contributed by atoms with van der Waals surface area (Å²) in [5.41, 5.74) is 1.32. The third-order valence-corrected chi connectivity index (χ3v) is 2.59. The summed E-state index contributed by atoms with van der Waals surface area (Å²) in [4.78, 5) is 16.0. The van der Waals surface area contributed by atoms with Gasteiger partial charge in [0.05, 0.1) is 17.7 Å². The molecular weight excluding hydrogens is 270 g/mol. The van der Waals surface area contributed by atoms with Gasteiger partial charge in [-0.1, -0.05) is 18.2 Å². The Morgan fingerprint density at radius 3 is 2.94 bits per heavy atom. The van der Waals surface area contributed by atoms with Gasteiger partial charge in [0.1, 0.15) is 4.60 Å². The van der Waals surface area contributed by atoms with Crippen LogP contribution in [0.2, 0.25) is 0 Å². The summed E-state index contributed by atoms with van der Waals surface area (Å²) in [7, 11) is 0. The molecule has 0 radical (unpaired) electrons. The molecule has 0 aliphatic rings. The van der Waals surface area contributed by atoms with Crippen LogP contribution >= 0.6 is 15.9 Å². The molecular formula is C12H10BrNO2. The first kappa shape index (κ1) is 11.1. The lowest BCUT2D eigenvalue weighted by molar-refractivity contribution is 0.0528. The first-order chi connectivity index (χ1) is 7.72. The van der Waals surface area contributed by atoms with Crippen LogP contribution in [-0.2, 0) is 4.74 Å². The van der Waals surface area contributed by atoms with Crippen molar-refractivity contribution in [3.8, 4) is 0 Å². The van der Waals surface area contributed by atoms with Gasteiger partial charge in [-0.3, -0.25) is 0 Å². The van der Waals surface area contributed by atoms with Gasteiger partial charge in [-0.05, 0) is 35.0 Å². The topological polar surface area (TPSA) is 39.2 Å².